The van der Waals surface area contributed by atoms with Gasteiger partial charge in [-0.1, -0.05) is 12.1 Å². The summed E-state index contributed by atoms with van der Waals surface area (Å²) in [6, 6.07) is 5.74. The molecule has 16 heavy (non-hydrogen) atoms. The summed E-state index contributed by atoms with van der Waals surface area (Å²) in [7, 11) is 0. The van der Waals surface area contributed by atoms with Crippen molar-refractivity contribution in [3.63, 3.8) is 0 Å². The van der Waals surface area contributed by atoms with Crippen molar-refractivity contribution in [3.05, 3.63) is 29.3 Å². The molecule has 0 saturated heterocycles. The highest BCUT2D eigenvalue weighted by molar-refractivity contribution is 8.00. The first-order chi connectivity index (χ1) is 7.40. The molecule has 0 bridgehead atoms. The quantitative estimate of drug-likeness (QED) is 0.810. The number of anilines is 1. The fraction of sp³-hybridized carbons (Fsp3) is 0.455. The van der Waals surface area contributed by atoms with Crippen LogP contribution in [0.3, 0.4) is 0 Å². The number of halogens is 3. The maximum absolute atomic E-state index is 11.9. The van der Waals surface area contributed by atoms with Gasteiger partial charge < -0.3 is 5.32 Å². The molecule has 1 aromatic rings. The number of hydrogen-bond acceptors (Lipinski definition) is 2. The van der Waals surface area contributed by atoms with Gasteiger partial charge in [-0.25, -0.2) is 0 Å². The standard InChI is InChI=1S/C11H14F3NS/c1-8-4-3-5-10(9(8)2)15-6-7-16-11(12,13)14/h3-5,15H,6-7H2,1-2H3. The van der Waals surface area contributed by atoms with Crippen LogP contribution in [0.1, 0.15) is 11.1 Å². The van der Waals surface area contributed by atoms with E-state index < -0.39 is 5.51 Å². The Morgan fingerprint density at radius 3 is 2.56 bits per heavy atom. The van der Waals surface area contributed by atoms with Crippen LogP contribution in [-0.4, -0.2) is 17.8 Å². The molecule has 1 aromatic carbocycles. The Hall–Kier alpha value is -0.840. The summed E-state index contributed by atoms with van der Waals surface area (Å²) in [4.78, 5) is 0. The molecule has 1 rings (SSSR count). The van der Waals surface area contributed by atoms with Crippen molar-refractivity contribution in [1.82, 2.24) is 0 Å². The summed E-state index contributed by atoms with van der Waals surface area (Å²) < 4.78 is 35.6. The number of alkyl halides is 3. The van der Waals surface area contributed by atoms with E-state index in [0.29, 0.717) is 6.54 Å². The van der Waals surface area contributed by atoms with E-state index in [4.69, 9.17) is 0 Å². The molecule has 0 heterocycles. The zero-order valence-electron chi connectivity index (χ0n) is 9.19. The topological polar surface area (TPSA) is 12.0 Å². The molecule has 0 unspecified atom stereocenters. The van der Waals surface area contributed by atoms with Gasteiger partial charge in [-0.3, -0.25) is 0 Å². The van der Waals surface area contributed by atoms with Crippen LogP contribution >= 0.6 is 11.8 Å². The molecular weight excluding hydrogens is 235 g/mol. The van der Waals surface area contributed by atoms with E-state index in [1.165, 1.54) is 0 Å². The van der Waals surface area contributed by atoms with Crippen LogP contribution in [0.5, 0.6) is 0 Å². The highest BCUT2D eigenvalue weighted by Crippen LogP contribution is 2.29. The summed E-state index contributed by atoms with van der Waals surface area (Å²) in [5, 5.41) is 3.01. The molecule has 0 aliphatic heterocycles. The van der Waals surface area contributed by atoms with Crippen LogP contribution < -0.4 is 5.32 Å². The molecule has 0 spiro atoms. The molecule has 0 atom stereocenters. The van der Waals surface area contributed by atoms with Gasteiger partial charge >= 0.3 is 5.51 Å². The Balaban J connectivity index is 2.41. The van der Waals surface area contributed by atoms with Gasteiger partial charge in [-0.05, 0) is 42.8 Å². The highest BCUT2D eigenvalue weighted by atomic mass is 32.2. The number of thioether (sulfide) groups is 1. The predicted octanol–water partition coefficient (Wildman–Crippen LogP) is 3.97. The van der Waals surface area contributed by atoms with Gasteiger partial charge in [-0.2, -0.15) is 13.2 Å². The predicted molar refractivity (Wildman–Crippen MR) is 62.9 cm³/mol. The van der Waals surface area contributed by atoms with E-state index in [1.54, 1.807) is 0 Å². The second-order valence-corrected chi connectivity index (χ2v) is 4.63. The van der Waals surface area contributed by atoms with Gasteiger partial charge in [0.25, 0.3) is 0 Å². The summed E-state index contributed by atoms with van der Waals surface area (Å²) in [6.07, 6.45) is 0. The summed E-state index contributed by atoms with van der Waals surface area (Å²) in [6.45, 7) is 4.24. The lowest BCUT2D eigenvalue weighted by Gasteiger charge is -2.11. The van der Waals surface area contributed by atoms with Gasteiger partial charge in [0.1, 0.15) is 0 Å². The van der Waals surface area contributed by atoms with Crippen molar-refractivity contribution in [1.29, 1.82) is 0 Å². The Morgan fingerprint density at radius 1 is 1.25 bits per heavy atom. The molecule has 0 aliphatic carbocycles. The van der Waals surface area contributed by atoms with Gasteiger partial charge in [0.2, 0.25) is 0 Å². The summed E-state index contributed by atoms with van der Waals surface area (Å²) in [5.41, 5.74) is -1.01. The zero-order valence-corrected chi connectivity index (χ0v) is 10.0. The maximum Gasteiger partial charge on any atom is 0.441 e. The Labute approximate surface area is 97.4 Å². The van der Waals surface area contributed by atoms with Crippen LogP contribution in [-0.2, 0) is 0 Å². The Bertz CT molecular complexity index is 350. The van der Waals surface area contributed by atoms with Crippen LogP contribution in [0.4, 0.5) is 18.9 Å². The van der Waals surface area contributed by atoms with Crippen LogP contribution in [0.15, 0.2) is 18.2 Å². The summed E-state index contributed by atoms with van der Waals surface area (Å²) >= 11 is 0.000372. The SMILES string of the molecule is Cc1cccc(NCCSC(F)(F)F)c1C. The molecular formula is C11H14F3NS. The first kappa shape index (κ1) is 13.2. The van der Waals surface area contributed by atoms with Gasteiger partial charge in [0, 0.05) is 18.0 Å². The molecule has 0 aromatic heterocycles. The lowest BCUT2D eigenvalue weighted by Crippen LogP contribution is -2.10. The Kier molecular flexibility index (Phi) is 4.53. The van der Waals surface area contributed by atoms with Crippen molar-refractivity contribution in [3.8, 4) is 0 Å². The monoisotopic (exact) mass is 249 g/mol. The van der Waals surface area contributed by atoms with Crippen molar-refractivity contribution in [2.24, 2.45) is 0 Å². The largest absolute Gasteiger partial charge is 0.441 e. The molecule has 1 N–H and O–H groups in total. The van der Waals surface area contributed by atoms with Crippen molar-refractivity contribution >= 4 is 17.4 Å². The van der Waals surface area contributed by atoms with E-state index in [9.17, 15) is 13.2 Å². The van der Waals surface area contributed by atoms with E-state index >= 15 is 0 Å². The van der Waals surface area contributed by atoms with Gasteiger partial charge in [-0.15, -0.1) is 0 Å². The fourth-order valence-corrected chi connectivity index (χ4v) is 1.73. The van der Waals surface area contributed by atoms with Crippen molar-refractivity contribution < 1.29 is 13.2 Å². The Morgan fingerprint density at radius 2 is 1.94 bits per heavy atom. The average Bonchev–Trinajstić information content (AvgIpc) is 2.17. The van der Waals surface area contributed by atoms with Crippen LogP contribution in [0, 0.1) is 13.8 Å². The van der Waals surface area contributed by atoms with Gasteiger partial charge in [0.15, 0.2) is 0 Å². The smallest absolute Gasteiger partial charge is 0.384 e. The molecule has 90 valence electrons. The molecule has 1 nitrogen and oxygen atoms in total. The molecule has 5 heteroatoms. The molecule has 0 aliphatic rings. The van der Waals surface area contributed by atoms with E-state index in [0.717, 1.165) is 16.8 Å². The average molecular weight is 249 g/mol. The number of nitrogens with one attached hydrogen (secondary N) is 1. The first-order valence-corrected chi connectivity index (χ1v) is 5.89. The number of benzene rings is 1. The number of rotatable bonds is 4. The molecule has 0 amide bonds. The second kappa shape index (κ2) is 5.48. The maximum atomic E-state index is 11.9. The lowest BCUT2D eigenvalue weighted by atomic mass is 10.1. The molecule has 0 fully saturated rings. The summed E-state index contributed by atoms with van der Waals surface area (Å²) in [5.74, 6) is 0.0247. The van der Waals surface area contributed by atoms with E-state index in [1.807, 2.05) is 32.0 Å². The normalized spacial score (nSPS) is 11.6. The highest BCUT2D eigenvalue weighted by Gasteiger charge is 2.27. The van der Waals surface area contributed by atoms with E-state index in [-0.39, 0.29) is 17.5 Å². The number of hydrogen-bond donors (Lipinski definition) is 1. The third-order valence-corrected chi connectivity index (χ3v) is 3.02. The zero-order chi connectivity index (χ0) is 12.2. The first-order valence-electron chi connectivity index (χ1n) is 4.91. The second-order valence-electron chi connectivity index (χ2n) is 3.47. The number of aryl methyl sites for hydroxylation is 1. The van der Waals surface area contributed by atoms with Gasteiger partial charge in [0.05, 0.1) is 0 Å². The third-order valence-electron chi connectivity index (χ3n) is 2.29. The van der Waals surface area contributed by atoms with Crippen molar-refractivity contribution in [2.75, 3.05) is 17.6 Å². The van der Waals surface area contributed by atoms with E-state index in [2.05, 4.69) is 5.32 Å². The minimum Gasteiger partial charge on any atom is -0.384 e. The third kappa shape index (κ3) is 4.35. The van der Waals surface area contributed by atoms with Crippen LogP contribution in [0.25, 0.3) is 0 Å². The molecule has 0 saturated carbocycles. The minimum absolute atomic E-state index is 0.000372. The minimum atomic E-state index is -4.14. The fourth-order valence-electron chi connectivity index (χ4n) is 1.30. The lowest BCUT2D eigenvalue weighted by molar-refractivity contribution is -0.0327. The van der Waals surface area contributed by atoms with Crippen LogP contribution in [0.2, 0.25) is 0 Å². The van der Waals surface area contributed by atoms with Crippen molar-refractivity contribution in [2.45, 2.75) is 19.4 Å². The molecule has 0 radical (unpaired) electrons.